The Balaban J connectivity index is 1.63. The summed E-state index contributed by atoms with van der Waals surface area (Å²) in [6.07, 6.45) is 0.481. The highest BCUT2D eigenvalue weighted by atomic mass is 19.1. The molecule has 0 radical (unpaired) electrons. The van der Waals surface area contributed by atoms with Crippen LogP contribution in [0.15, 0.2) is 47.0 Å². The van der Waals surface area contributed by atoms with E-state index < -0.39 is 17.9 Å². The number of aryl methyl sites for hydroxylation is 2. The van der Waals surface area contributed by atoms with Gasteiger partial charge in [0.2, 0.25) is 5.89 Å². The zero-order valence-corrected chi connectivity index (χ0v) is 16.9. The van der Waals surface area contributed by atoms with Crippen LogP contribution in [0.4, 0.5) is 4.39 Å². The molecule has 31 heavy (non-hydrogen) atoms. The Hall–Kier alpha value is -4.01. The van der Waals surface area contributed by atoms with Gasteiger partial charge in [-0.1, -0.05) is 6.07 Å². The average molecular weight is 423 g/mol. The van der Waals surface area contributed by atoms with Crippen LogP contribution in [0.25, 0.3) is 22.7 Å². The number of rotatable bonds is 6. The zero-order chi connectivity index (χ0) is 22.1. The third-order valence-electron chi connectivity index (χ3n) is 4.48. The van der Waals surface area contributed by atoms with Crippen LogP contribution in [0.2, 0.25) is 0 Å². The van der Waals surface area contributed by atoms with Crippen molar-refractivity contribution in [3.8, 4) is 29.0 Å². The van der Waals surface area contributed by atoms with Crippen molar-refractivity contribution in [3.05, 3.63) is 59.5 Å². The molecule has 0 fully saturated rings. The second-order valence-corrected chi connectivity index (χ2v) is 6.96. The van der Waals surface area contributed by atoms with E-state index in [4.69, 9.17) is 19.0 Å². The van der Waals surface area contributed by atoms with Gasteiger partial charge in [-0.05, 0) is 56.2 Å². The van der Waals surface area contributed by atoms with Crippen LogP contribution >= 0.6 is 0 Å². The van der Waals surface area contributed by atoms with E-state index in [-0.39, 0.29) is 17.5 Å². The number of carbonyl (C=O) groups is 1. The number of nitrogens with zero attached hydrogens (tertiary/aromatic N) is 3. The van der Waals surface area contributed by atoms with E-state index in [0.717, 1.165) is 11.1 Å². The first-order chi connectivity index (χ1) is 14.8. The summed E-state index contributed by atoms with van der Waals surface area (Å²) in [5.41, 5.74) is 2.80. The fourth-order valence-corrected chi connectivity index (χ4v) is 3.02. The van der Waals surface area contributed by atoms with Crippen LogP contribution in [0.1, 0.15) is 18.1 Å². The minimum absolute atomic E-state index is 0.000401. The Labute approximate surface area is 176 Å². The minimum atomic E-state index is -1.04. The lowest BCUT2D eigenvalue weighted by atomic mass is 10.1. The van der Waals surface area contributed by atoms with E-state index in [0.29, 0.717) is 22.7 Å². The van der Waals surface area contributed by atoms with E-state index >= 15 is 0 Å². The second-order valence-electron chi connectivity index (χ2n) is 6.96. The molecule has 2 aromatic heterocycles. The van der Waals surface area contributed by atoms with Crippen molar-refractivity contribution >= 4 is 17.2 Å². The molecule has 0 saturated carbocycles. The van der Waals surface area contributed by atoms with E-state index in [1.165, 1.54) is 31.3 Å². The Morgan fingerprint density at radius 2 is 1.90 bits per heavy atom. The molecule has 1 N–H and O–H groups in total. The van der Waals surface area contributed by atoms with Crippen LogP contribution < -0.4 is 9.47 Å². The number of halogens is 1. The molecule has 0 aliphatic carbocycles. The van der Waals surface area contributed by atoms with Crippen molar-refractivity contribution in [1.29, 1.82) is 0 Å². The van der Waals surface area contributed by atoms with Gasteiger partial charge in [-0.15, -0.1) is 0 Å². The molecule has 4 aromatic rings. The Morgan fingerprint density at radius 3 is 2.58 bits per heavy atom. The van der Waals surface area contributed by atoms with Gasteiger partial charge in [-0.25, -0.2) is 19.2 Å². The summed E-state index contributed by atoms with van der Waals surface area (Å²) in [4.78, 5) is 23.8. The van der Waals surface area contributed by atoms with Gasteiger partial charge >= 0.3 is 12.0 Å². The molecule has 2 aromatic carbocycles. The normalized spacial score (nSPS) is 12.0. The smallest absolute Gasteiger partial charge is 0.344 e. The van der Waals surface area contributed by atoms with Gasteiger partial charge in [-0.2, -0.15) is 4.98 Å². The first kappa shape index (κ1) is 20.3. The molecule has 0 bridgehead atoms. The first-order valence-electron chi connectivity index (χ1n) is 9.38. The molecule has 9 heteroatoms. The van der Waals surface area contributed by atoms with Crippen molar-refractivity contribution < 1.29 is 28.2 Å². The second kappa shape index (κ2) is 8.02. The number of aromatic nitrogens is 3. The number of aliphatic carboxylic acids is 1. The molecule has 0 aliphatic rings. The highest BCUT2D eigenvalue weighted by Crippen LogP contribution is 2.32. The average Bonchev–Trinajstić information content (AvgIpc) is 3.14. The third kappa shape index (κ3) is 4.30. The summed E-state index contributed by atoms with van der Waals surface area (Å²) >= 11 is 0. The quantitative estimate of drug-likeness (QED) is 0.476. The lowest BCUT2D eigenvalue weighted by Crippen LogP contribution is -2.23. The molecular formula is C22H18FN3O5. The fourth-order valence-electron chi connectivity index (χ4n) is 3.02. The summed E-state index contributed by atoms with van der Waals surface area (Å²) in [7, 11) is 0. The maximum absolute atomic E-state index is 13.3. The van der Waals surface area contributed by atoms with Crippen LogP contribution in [0.5, 0.6) is 17.5 Å². The molecule has 1 unspecified atom stereocenters. The van der Waals surface area contributed by atoms with E-state index in [2.05, 4.69) is 15.0 Å². The molecule has 0 amide bonds. The topological polar surface area (TPSA) is 108 Å². The number of fused-ring (bicyclic) bond motifs is 1. The molecule has 2 heterocycles. The summed E-state index contributed by atoms with van der Waals surface area (Å²) < 4.78 is 30.1. The highest BCUT2D eigenvalue weighted by Gasteiger charge is 2.18. The molecule has 4 rings (SSSR count). The summed E-state index contributed by atoms with van der Waals surface area (Å²) in [5.74, 6) is -0.402. The van der Waals surface area contributed by atoms with Gasteiger partial charge in [-0.3, -0.25) is 0 Å². The van der Waals surface area contributed by atoms with Crippen LogP contribution in [0, 0.1) is 19.7 Å². The Morgan fingerprint density at radius 1 is 1.16 bits per heavy atom. The van der Waals surface area contributed by atoms with Crippen molar-refractivity contribution in [1.82, 2.24) is 15.0 Å². The number of ether oxygens (including phenoxy) is 2. The molecular weight excluding hydrogens is 405 g/mol. The van der Waals surface area contributed by atoms with Crippen LogP contribution in [0.3, 0.4) is 0 Å². The van der Waals surface area contributed by atoms with Gasteiger partial charge in [0.25, 0.3) is 5.71 Å². The molecule has 8 nitrogen and oxygen atoms in total. The third-order valence-corrected chi connectivity index (χ3v) is 4.48. The minimum Gasteiger partial charge on any atom is -0.479 e. The zero-order valence-electron chi connectivity index (χ0n) is 16.9. The van der Waals surface area contributed by atoms with Crippen LogP contribution in [-0.2, 0) is 4.79 Å². The molecule has 0 saturated heterocycles. The number of carboxylic acids is 1. The largest absolute Gasteiger partial charge is 0.479 e. The first-order valence-corrected chi connectivity index (χ1v) is 9.38. The van der Waals surface area contributed by atoms with Gasteiger partial charge in [0.15, 0.2) is 6.10 Å². The van der Waals surface area contributed by atoms with Gasteiger partial charge in [0.1, 0.15) is 22.8 Å². The van der Waals surface area contributed by atoms with Crippen molar-refractivity contribution in [2.24, 2.45) is 0 Å². The SMILES string of the molecule is Cc1cc(-c2nc3cnc(Oc4cccc(F)c4)nc3o2)cc(C)c1OC(C)C(=O)O. The standard InChI is InChI=1S/C22H18FN3O5/c1-11-7-14(8-12(2)18(11)29-13(3)21(27)28)19-25-17-10-24-22(26-20(17)31-19)30-16-6-4-5-15(23)9-16/h4-10,13H,1-3H3,(H,27,28). The predicted octanol–water partition coefficient (Wildman–Crippen LogP) is 4.68. The number of benzene rings is 2. The molecule has 1 atom stereocenters. The predicted molar refractivity (Wildman–Crippen MR) is 109 cm³/mol. The van der Waals surface area contributed by atoms with Crippen LogP contribution in [-0.4, -0.2) is 32.1 Å². The number of oxazole rings is 1. The number of carboxylic acid groups (broad SMARTS) is 1. The van der Waals surface area contributed by atoms with Gasteiger partial charge < -0.3 is 19.0 Å². The maximum atomic E-state index is 13.3. The summed E-state index contributed by atoms with van der Waals surface area (Å²) in [5, 5.41) is 9.08. The molecule has 0 aliphatic heterocycles. The van der Waals surface area contributed by atoms with Gasteiger partial charge in [0.05, 0.1) is 6.20 Å². The molecule has 0 spiro atoms. The van der Waals surface area contributed by atoms with E-state index in [1.807, 2.05) is 13.8 Å². The summed E-state index contributed by atoms with van der Waals surface area (Å²) in [6, 6.07) is 9.22. The lowest BCUT2D eigenvalue weighted by Gasteiger charge is -2.16. The van der Waals surface area contributed by atoms with Crippen molar-refractivity contribution in [3.63, 3.8) is 0 Å². The van der Waals surface area contributed by atoms with E-state index in [9.17, 15) is 9.18 Å². The summed E-state index contributed by atoms with van der Waals surface area (Å²) in [6.45, 7) is 5.10. The number of hydrogen-bond acceptors (Lipinski definition) is 7. The maximum Gasteiger partial charge on any atom is 0.344 e. The monoisotopic (exact) mass is 423 g/mol. The van der Waals surface area contributed by atoms with Crippen molar-refractivity contribution in [2.45, 2.75) is 26.9 Å². The Kier molecular flexibility index (Phi) is 5.24. The fraction of sp³-hybridized carbons (Fsp3) is 0.182. The highest BCUT2D eigenvalue weighted by molar-refractivity contribution is 5.74. The van der Waals surface area contributed by atoms with E-state index in [1.54, 1.807) is 18.2 Å². The lowest BCUT2D eigenvalue weighted by molar-refractivity contribution is -0.144. The Bertz CT molecular complexity index is 1260. The van der Waals surface area contributed by atoms with Gasteiger partial charge in [0, 0.05) is 11.6 Å². The molecule has 158 valence electrons. The number of hydrogen-bond donors (Lipinski definition) is 1. The van der Waals surface area contributed by atoms with Crippen molar-refractivity contribution in [2.75, 3.05) is 0 Å².